The van der Waals surface area contributed by atoms with Crippen LogP contribution in [0, 0.1) is 13.8 Å². The summed E-state index contributed by atoms with van der Waals surface area (Å²) in [5, 5.41) is 9.31. The van der Waals surface area contributed by atoms with Gasteiger partial charge in [-0.2, -0.15) is 5.10 Å². The van der Waals surface area contributed by atoms with E-state index in [1.54, 1.807) is 12.4 Å². The molecule has 1 aromatic heterocycles. The minimum Gasteiger partial charge on any atom is -0.490 e. The summed E-state index contributed by atoms with van der Waals surface area (Å²) in [7, 11) is 0. The number of likely N-dealkylation sites (tertiary alicyclic amines) is 1. The Morgan fingerprint density at radius 1 is 1.30 bits per heavy atom. The van der Waals surface area contributed by atoms with Gasteiger partial charge in [-0.25, -0.2) is 4.79 Å². The quantitative estimate of drug-likeness (QED) is 0.914. The van der Waals surface area contributed by atoms with Crippen LogP contribution in [-0.2, 0) is 0 Å². The number of hydrogen-bond donors (Lipinski definition) is 2. The number of aryl methyl sites for hydroxylation is 2. The third-order valence-corrected chi connectivity index (χ3v) is 4.26. The number of anilines is 1. The molecule has 1 aromatic carbocycles. The molecule has 0 unspecified atom stereocenters. The number of benzene rings is 1. The fourth-order valence-corrected chi connectivity index (χ4v) is 2.68. The lowest BCUT2D eigenvalue weighted by atomic mass is 10.1. The lowest BCUT2D eigenvalue weighted by Gasteiger charge is -2.32. The van der Waals surface area contributed by atoms with Crippen molar-refractivity contribution in [2.75, 3.05) is 18.4 Å². The van der Waals surface area contributed by atoms with Crippen molar-refractivity contribution in [2.24, 2.45) is 0 Å². The number of nitrogens with one attached hydrogen (secondary N) is 2. The summed E-state index contributed by atoms with van der Waals surface area (Å²) >= 11 is 0. The van der Waals surface area contributed by atoms with Crippen molar-refractivity contribution in [3.8, 4) is 5.75 Å². The third-order valence-electron chi connectivity index (χ3n) is 4.26. The van der Waals surface area contributed by atoms with Crippen LogP contribution in [0.1, 0.15) is 24.0 Å². The molecule has 0 spiro atoms. The van der Waals surface area contributed by atoms with E-state index in [1.165, 1.54) is 11.1 Å². The molecule has 0 atom stereocenters. The normalized spacial score (nSPS) is 15.5. The summed E-state index contributed by atoms with van der Waals surface area (Å²) in [6, 6.07) is 6.09. The molecular weight excluding hydrogens is 292 g/mol. The number of urea groups is 1. The van der Waals surface area contributed by atoms with E-state index in [9.17, 15) is 4.79 Å². The summed E-state index contributed by atoms with van der Waals surface area (Å²) < 4.78 is 6.05. The highest BCUT2D eigenvalue weighted by molar-refractivity contribution is 5.89. The van der Waals surface area contributed by atoms with Gasteiger partial charge < -0.3 is 15.0 Å². The van der Waals surface area contributed by atoms with Crippen LogP contribution in [0.5, 0.6) is 5.75 Å². The molecule has 2 amide bonds. The van der Waals surface area contributed by atoms with E-state index in [1.807, 2.05) is 11.0 Å². The number of rotatable bonds is 3. The Morgan fingerprint density at radius 2 is 2.09 bits per heavy atom. The minimum absolute atomic E-state index is 0.0870. The minimum atomic E-state index is -0.0870. The van der Waals surface area contributed by atoms with Crippen molar-refractivity contribution in [1.82, 2.24) is 15.1 Å². The van der Waals surface area contributed by atoms with Gasteiger partial charge in [-0.15, -0.1) is 0 Å². The molecule has 2 aromatic rings. The van der Waals surface area contributed by atoms with Gasteiger partial charge in [0.1, 0.15) is 11.9 Å². The SMILES string of the molecule is Cc1ccc(OC2CCN(C(=O)Nc3cn[nH]c3)CC2)cc1C. The van der Waals surface area contributed by atoms with Crippen LogP contribution in [0.2, 0.25) is 0 Å². The van der Waals surface area contributed by atoms with Crippen LogP contribution >= 0.6 is 0 Å². The number of carbonyl (C=O) groups excluding carboxylic acids is 1. The highest BCUT2D eigenvalue weighted by Crippen LogP contribution is 2.22. The van der Waals surface area contributed by atoms with Crippen molar-refractivity contribution in [3.05, 3.63) is 41.7 Å². The molecule has 122 valence electrons. The average molecular weight is 314 g/mol. The van der Waals surface area contributed by atoms with Crippen molar-refractivity contribution >= 4 is 11.7 Å². The van der Waals surface area contributed by atoms with Crippen molar-refractivity contribution in [1.29, 1.82) is 0 Å². The standard InChI is InChI=1S/C17H22N4O2/c1-12-3-4-16(9-13(12)2)23-15-5-7-21(8-6-15)17(22)20-14-10-18-19-11-14/h3-4,9-11,15H,5-8H2,1-2H3,(H,18,19)(H,20,22). The van der Waals surface area contributed by atoms with Gasteiger partial charge in [-0.05, 0) is 37.1 Å². The Balaban J connectivity index is 1.50. The fourth-order valence-electron chi connectivity index (χ4n) is 2.68. The maximum Gasteiger partial charge on any atom is 0.321 e. The molecule has 0 saturated carbocycles. The first-order chi connectivity index (χ1) is 11.1. The molecule has 2 N–H and O–H groups in total. The van der Waals surface area contributed by atoms with E-state index in [0.29, 0.717) is 18.8 Å². The molecule has 1 saturated heterocycles. The first-order valence-electron chi connectivity index (χ1n) is 7.90. The zero-order valence-corrected chi connectivity index (χ0v) is 13.5. The van der Waals surface area contributed by atoms with Gasteiger partial charge in [-0.1, -0.05) is 6.07 Å². The number of hydrogen-bond acceptors (Lipinski definition) is 3. The van der Waals surface area contributed by atoms with Gasteiger partial charge in [0.05, 0.1) is 11.9 Å². The molecule has 6 nitrogen and oxygen atoms in total. The van der Waals surface area contributed by atoms with Crippen LogP contribution in [0.15, 0.2) is 30.6 Å². The second-order valence-corrected chi connectivity index (χ2v) is 5.97. The topological polar surface area (TPSA) is 70.2 Å². The predicted octanol–water partition coefficient (Wildman–Crippen LogP) is 3.10. The summed E-state index contributed by atoms with van der Waals surface area (Å²) in [4.78, 5) is 14.0. The smallest absolute Gasteiger partial charge is 0.321 e. The lowest BCUT2D eigenvalue weighted by molar-refractivity contribution is 0.115. The number of piperidine rings is 1. The number of H-pyrrole nitrogens is 1. The van der Waals surface area contributed by atoms with Gasteiger partial charge >= 0.3 is 6.03 Å². The number of aromatic nitrogens is 2. The Kier molecular flexibility index (Phi) is 4.50. The molecule has 1 fully saturated rings. The fraction of sp³-hybridized carbons (Fsp3) is 0.412. The molecule has 3 rings (SSSR count). The van der Waals surface area contributed by atoms with Crippen LogP contribution in [0.25, 0.3) is 0 Å². The summed E-state index contributed by atoms with van der Waals surface area (Å²) in [6.07, 6.45) is 5.09. The number of nitrogens with zero attached hydrogens (tertiary/aromatic N) is 2. The first-order valence-corrected chi connectivity index (χ1v) is 7.90. The number of carbonyl (C=O) groups is 1. The Morgan fingerprint density at radius 3 is 2.74 bits per heavy atom. The van der Waals surface area contributed by atoms with Crippen molar-refractivity contribution in [2.45, 2.75) is 32.8 Å². The largest absolute Gasteiger partial charge is 0.490 e. The summed E-state index contributed by atoms with van der Waals surface area (Å²) in [5.41, 5.74) is 3.19. The van der Waals surface area contributed by atoms with Gasteiger partial charge in [0.25, 0.3) is 0 Å². The molecule has 1 aliphatic rings. The van der Waals surface area contributed by atoms with E-state index in [-0.39, 0.29) is 12.1 Å². The average Bonchev–Trinajstić information content (AvgIpc) is 3.04. The Labute approximate surface area is 135 Å². The molecular formula is C17H22N4O2. The van der Waals surface area contributed by atoms with Crippen LogP contribution in [0.3, 0.4) is 0 Å². The Bertz CT molecular complexity index is 661. The third kappa shape index (κ3) is 3.83. The summed E-state index contributed by atoms with van der Waals surface area (Å²) in [6.45, 7) is 5.57. The molecule has 1 aliphatic heterocycles. The summed E-state index contributed by atoms with van der Waals surface area (Å²) in [5.74, 6) is 0.911. The zero-order valence-electron chi connectivity index (χ0n) is 13.5. The second-order valence-electron chi connectivity index (χ2n) is 5.97. The Hall–Kier alpha value is -2.50. The van der Waals surface area contributed by atoms with Crippen molar-refractivity contribution < 1.29 is 9.53 Å². The van der Waals surface area contributed by atoms with Gasteiger partial charge in [-0.3, -0.25) is 5.10 Å². The van der Waals surface area contributed by atoms with Crippen LogP contribution in [-0.4, -0.2) is 40.3 Å². The molecule has 23 heavy (non-hydrogen) atoms. The second kappa shape index (κ2) is 6.73. The van der Waals surface area contributed by atoms with Crippen molar-refractivity contribution in [3.63, 3.8) is 0 Å². The zero-order chi connectivity index (χ0) is 16.2. The maximum absolute atomic E-state index is 12.1. The number of aromatic amines is 1. The highest BCUT2D eigenvalue weighted by atomic mass is 16.5. The van der Waals surface area contributed by atoms with E-state index in [0.717, 1.165) is 18.6 Å². The lowest BCUT2D eigenvalue weighted by Crippen LogP contribution is -2.43. The molecule has 0 bridgehead atoms. The maximum atomic E-state index is 12.1. The van der Waals surface area contributed by atoms with Crippen LogP contribution < -0.4 is 10.1 Å². The monoisotopic (exact) mass is 314 g/mol. The van der Waals surface area contributed by atoms with E-state index < -0.39 is 0 Å². The molecule has 0 aliphatic carbocycles. The molecule has 2 heterocycles. The van der Waals surface area contributed by atoms with E-state index in [2.05, 4.69) is 41.5 Å². The molecule has 6 heteroatoms. The van der Waals surface area contributed by atoms with Crippen LogP contribution in [0.4, 0.5) is 10.5 Å². The molecule has 0 radical (unpaired) electrons. The van der Waals surface area contributed by atoms with Gasteiger partial charge in [0, 0.05) is 32.1 Å². The number of ether oxygens (including phenoxy) is 1. The number of amides is 2. The van der Waals surface area contributed by atoms with Gasteiger partial charge in [0.2, 0.25) is 0 Å². The van der Waals surface area contributed by atoms with E-state index in [4.69, 9.17) is 4.74 Å². The predicted molar refractivity (Wildman–Crippen MR) is 88.7 cm³/mol. The van der Waals surface area contributed by atoms with Gasteiger partial charge in [0.15, 0.2) is 0 Å². The van der Waals surface area contributed by atoms with E-state index >= 15 is 0 Å². The highest BCUT2D eigenvalue weighted by Gasteiger charge is 2.24. The first kappa shape index (κ1) is 15.4.